The molecule has 1 aromatic rings. The van der Waals surface area contributed by atoms with Gasteiger partial charge in [0.05, 0.1) is 17.7 Å². The Morgan fingerprint density at radius 1 is 1.42 bits per heavy atom. The molecule has 0 radical (unpaired) electrons. The van der Waals surface area contributed by atoms with Crippen molar-refractivity contribution in [2.75, 3.05) is 13.6 Å². The van der Waals surface area contributed by atoms with Gasteiger partial charge in [-0.05, 0) is 37.1 Å². The minimum atomic E-state index is -0.0304. The van der Waals surface area contributed by atoms with E-state index in [1.54, 1.807) is 17.0 Å². The van der Waals surface area contributed by atoms with Crippen molar-refractivity contribution in [3.63, 3.8) is 0 Å². The lowest BCUT2D eigenvalue weighted by molar-refractivity contribution is -0.133. The summed E-state index contributed by atoms with van der Waals surface area (Å²) in [6.07, 6.45) is 3.20. The molecule has 1 saturated heterocycles. The first-order chi connectivity index (χ1) is 9.20. The van der Waals surface area contributed by atoms with Gasteiger partial charge in [-0.2, -0.15) is 5.26 Å². The fourth-order valence-electron chi connectivity index (χ4n) is 2.37. The molecule has 4 heteroatoms. The number of carbonyl (C=O) groups is 1. The Morgan fingerprint density at radius 3 is 2.74 bits per heavy atom. The van der Waals surface area contributed by atoms with Crippen LogP contribution in [0.5, 0.6) is 0 Å². The molecule has 0 aliphatic carbocycles. The third kappa shape index (κ3) is 3.55. The van der Waals surface area contributed by atoms with E-state index in [-0.39, 0.29) is 11.9 Å². The fourth-order valence-corrected chi connectivity index (χ4v) is 2.37. The zero-order valence-corrected chi connectivity index (χ0v) is 11.2. The van der Waals surface area contributed by atoms with Crippen LogP contribution in [0.1, 0.15) is 30.4 Å². The molecule has 1 atom stereocenters. The average Bonchev–Trinajstić information content (AvgIpc) is 2.48. The molecule has 1 aliphatic rings. The number of amides is 1. The predicted molar refractivity (Wildman–Crippen MR) is 73.3 cm³/mol. The zero-order valence-electron chi connectivity index (χ0n) is 11.2. The van der Waals surface area contributed by atoms with E-state index in [9.17, 15) is 4.79 Å². The van der Waals surface area contributed by atoms with E-state index in [1.165, 1.54) is 0 Å². The number of rotatable bonds is 3. The molecular weight excluding hydrogens is 238 g/mol. The normalized spacial score (nSPS) is 18.6. The SMILES string of the molecule is CN(Cc1ccc(C#N)cc1)C(=O)[C@H]1CCCCN1. The average molecular weight is 257 g/mol. The van der Waals surface area contributed by atoms with E-state index in [0.717, 1.165) is 31.4 Å². The highest BCUT2D eigenvalue weighted by molar-refractivity contribution is 5.81. The van der Waals surface area contributed by atoms with E-state index in [4.69, 9.17) is 5.26 Å². The number of nitrogens with one attached hydrogen (secondary N) is 1. The molecule has 0 spiro atoms. The van der Waals surface area contributed by atoms with Crippen molar-refractivity contribution in [3.05, 3.63) is 35.4 Å². The second kappa shape index (κ2) is 6.35. The maximum absolute atomic E-state index is 12.2. The molecular formula is C15H19N3O. The molecule has 1 heterocycles. The summed E-state index contributed by atoms with van der Waals surface area (Å²) in [5.41, 5.74) is 1.69. The van der Waals surface area contributed by atoms with Gasteiger partial charge in [-0.3, -0.25) is 4.79 Å². The highest BCUT2D eigenvalue weighted by Crippen LogP contribution is 2.12. The lowest BCUT2D eigenvalue weighted by atomic mass is 10.0. The lowest BCUT2D eigenvalue weighted by Crippen LogP contribution is -2.46. The predicted octanol–water partition coefficient (Wildman–Crippen LogP) is 1.66. The zero-order chi connectivity index (χ0) is 13.7. The third-order valence-electron chi connectivity index (χ3n) is 3.49. The summed E-state index contributed by atoms with van der Waals surface area (Å²) in [6.45, 7) is 1.52. The number of carbonyl (C=O) groups excluding carboxylic acids is 1. The van der Waals surface area contributed by atoms with Gasteiger partial charge in [-0.1, -0.05) is 18.6 Å². The first-order valence-corrected chi connectivity index (χ1v) is 6.68. The second-order valence-corrected chi connectivity index (χ2v) is 5.01. The van der Waals surface area contributed by atoms with Crippen molar-refractivity contribution in [2.24, 2.45) is 0 Å². The van der Waals surface area contributed by atoms with Crippen LogP contribution in [0.3, 0.4) is 0 Å². The van der Waals surface area contributed by atoms with E-state index in [0.29, 0.717) is 12.1 Å². The van der Waals surface area contributed by atoms with Gasteiger partial charge in [0.1, 0.15) is 0 Å². The smallest absolute Gasteiger partial charge is 0.239 e. The summed E-state index contributed by atoms with van der Waals surface area (Å²) in [7, 11) is 1.83. The van der Waals surface area contributed by atoms with Crippen LogP contribution in [0.2, 0.25) is 0 Å². The van der Waals surface area contributed by atoms with Crippen LogP contribution in [0.25, 0.3) is 0 Å². The second-order valence-electron chi connectivity index (χ2n) is 5.01. The maximum Gasteiger partial charge on any atom is 0.239 e. The molecule has 1 N–H and O–H groups in total. The van der Waals surface area contributed by atoms with Gasteiger partial charge in [-0.15, -0.1) is 0 Å². The van der Waals surface area contributed by atoms with Crippen molar-refractivity contribution in [2.45, 2.75) is 31.8 Å². The van der Waals surface area contributed by atoms with Crippen LogP contribution in [0.15, 0.2) is 24.3 Å². The third-order valence-corrected chi connectivity index (χ3v) is 3.49. The number of hydrogen-bond donors (Lipinski definition) is 1. The van der Waals surface area contributed by atoms with Gasteiger partial charge >= 0.3 is 0 Å². The first kappa shape index (κ1) is 13.6. The first-order valence-electron chi connectivity index (χ1n) is 6.68. The molecule has 4 nitrogen and oxygen atoms in total. The molecule has 1 aromatic carbocycles. The quantitative estimate of drug-likeness (QED) is 0.896. The van der Waals surface area contributed by atoms with Crippen LogP contribution in [-0.4, -0.2) is 30.4 Å². The fraction of sp³-hybridized carbons (Fsp3) is 0.467. The van der Waals surface area contributed by atoms with E-state index in [1.807, 2.05) is 19.2 Å². The number of nitriles is 1. The highest BCUT2D eigenvalue weighted by Gasteiger charge is 2.23. The van der Waals surface area contributed by atoms with E-state index < -0.39 is 0 Å². The minimum absolute atomic E-state index is 0.0304. The van der Waals surface area contributed by atoms with Crippen LogP contribution in [0.4, 0.5) is 0 Å². The number of piperidine rings is 1. The van der Waals surface area contributed by atoms with E-state index in [2.05, 4.69) is 11.4 Å². The minimum Gasteiger partial charge on any atom is -0.340 e. The van der Waals surface area contributed by atoms with Gasteiger partial charge in [0.15, 0.2) is 0 Å². The molecule has 1 amide bonds. The molecule has 0 saturated carbocycles. The van der Waals surface area contributed by atoms with Gasteiger partial charge < -0.3 is 10.2 Å². The molecule has 19 heavy (non-hydrogen) atoms. The van der Waals surface area contributed by atoms with Gasteiger partial charge in [0, 0.05) is 13.6 Å². The van der Waals surface area contributed by atoms with Gasteiger partial charge in [0.2, 0.25) is 5.91 Å². The Labute approximate surface area is 114 Å². The molecule has 0 aromatic heterocycles. The van der Waals surface area contributed by atoms with Gasteiger partial charge in [-0.25, -0.2) is 0 Å². The summed E-state index contributed by atoms with van der Waals surface area (Å²) in [4.78, 5) is 14.0. The molecule has 100 valence electrons. The van der Waals surface area contributed by atoms with E-state index >= 15 is 0 Å². The Kier molecular flexibility index (Phi) is 4.53. The van der Waals surface area contributed by atoms with Crippen molar-refractivity contribution < 1.29 is 4.79 Å². The Bertz CT molecular complexity index is 469. The standard InChI is InChI=1S/C15H19N3O/c1-18(15(19)14-4-2-3-9-17-14)11-13-7-5-12(10-16)6-8-13/h5-8,14,17H,2-4,9,11H2,1H3/t14-/m1/s1. The molecule has 1 fully saturated rings. The lowest BCUT2D eigenvalue weighted by Gasteiger charge is -2.27. The van der Waals surface area contributed by atoms with Crippen molar-refractivity contribution in [1.82, 2.24) is 10.2 Å². The summed E-state index contributed by atoms with van der Waals surface area (Å²) < 4.78 is 0. The van der Waals surface area contributed by atoms with Crippen LogP contribution in [0, 0.1) is 11.3 Å². The Hall–Kier alpha value is -1.86. The number of likely N-dealkylation sites (N-methyl/N-ethyl adjacent to an activating group) is 1. The summed E-state index contributed by atoms with van der Waals surface area (Å²) in [5, 5.41) is 12.0. The molecule has 2 rings (SSSR count). The number of nitrogens with zero attached hydrogens (tertiary/aromatic N) is 2. The van der Waals surface area contributed by atoms with Gasteiger partial charge in [0.25, 0.3) is 0 Å². The molecule has 0 bridgehead atoms. The Morgan fingerprint density at radius 2 is 2.16 bits per heavy atom. The van der Waals surface area contributed by atoms with Crippen molar-refractivity contribution in [3.8, 4) is 6.07 Å². The molecule has 0 unspecified atom stereocenters. The number of hydrogen-bond acceptors (Lipinski definition) is 3. The maximum atomic E-state index is 12.2. The monoisotopic (exact) mass is 257 g/mol. The highest BCUT2D eigenvalue weighted by atomic mass is 16.2. The van der Waals surface area contributed by atoms with Crippen LogP contribution < -0.4 is 5.32 Å². The van der Waals surface area contributed by atoms with Crippen molar-refractivity contribution >= 4 is 5.91 Å². The van der Waals surface area contributed by atoms with Crippen LogP contribution >= 0.6 is 0 Å². The topological polar surface area (TPSA) is 56.1 Å². The summed E-state index contributed by atoms with van der Waals surface area (Å²) in [6, 6.07) is 9.43. The molecule has 1 aliphatic heterocycles. The summed E-state index contributed by atoms with van der Waals surface area (Å²) in [5.74, 6) is 0.157. The van der Waals surface area contributed by atoms with Crippen molar-refractivity contribution in [1.29, 1.82) is 5.26 Å². The summed E-state index contributed by atoms with van der Waals surface area (Å²) >= 11 is 0. The van der Waals surface area contributed by atoms with Crippen LogP contribution in [-0.2, 0) is 11.3 Å². The largest absolute Gasteiger partial charge is 0.340 e. The Balaban J connectivity index is 1.93. The number of benzene rings is 1.